The first-order valence-electron chi connectivity index (χ1n) is 4.56. The van der Waals surface area contributed by atoms with Gasteiger partial charge in [0.15, 0.2) is 0 Å². The van der Waals surface area contributed by atoms with Crippen molar-refractivity contribution < 1.29 is 15.0 Å². The minimum Gasteiger partial charge on any atom is -0.481 e. The van der Waals surface area contributed by atoms with Gasteiger partial charge in [-0.3, -0.25) is 4.79 Å². The van der Waals surface area contributed by atoms with Gasteiger partial charge in [-0.25, -0.2) is 0 Å². The van der Waals surface area contributed by atoms with Crippen molar-refractivity contribution >= 4 is 5.97 Å². The van der Waals surface area contributed by atoms with Crippen LogP contribution in [0, 0.1) is 0 Å². The maximum atomic E-state index is 10.1. The molecule has 0 aromatic heterocycles. The monoisotopic (exact) mass is 174 g/mol. The van der Waals surface area contributed by atoms with Crippen LogP contribution < -0.4 is 0 Å². The van der Waals surface area contributed by atoms with E-state index >= 15 is 0 Å². The lowest BCUT2D eigenvalue weighted by molar-refractivity contribution is -0.137. The lowest BCUT2D eigenvalue weighted by atomic mass is 10.1. The summed E-state index contributed by atoms with van der Waals surface area (Å²) in [5.41, 5.74) is 0. The van der Waals surface area contributed by atoms with E-state index in [1.807, 2.05) is 0 Å². The van der Waals surface area contributed by atoms with E-state index in [4.69, 9.17) is 5.11 Å². The van der Waals surface area contributed by atoms with Gasteiger partial charge in [-0.1, -0.05) is 19.8 Å². The van der Waals surface area contributed by atoms with Crippen LogP contribution in [-0.2, 0) is 4.79 Å². The van der Waals surface area contributed by atoms with Crippen LogP contribution >= 0.6 is 0 Å². The molecule has 0 aliphatic heterocycles. The van der Waals surface area contributed by atoms with Crippen molar-refractivity contribution in [1.29, 1.82) is 0 Å². The molecule has 0 heterocycles. The van der Waals surface area contributed by atoms with Gasteiger partial charge in [-0.15, -0.1) is 0 Å². The number of aliphatic hydroxyl groups is 1. The Morgan fingerprint density at radius 2 is 1.92 bits per heavy atom. The van der Waals surface area contributed by atoms with Crippen molar-refractivity contribution in [3.63, 3.8) is 0 Å². The highest BCUT2D eigenvalue weighted by Gasteiger charge is 2.04. The lowest BCUT2D eigenvalue weighted by Gasteiger charge is -2.07. The van der Waals surface area contributed by atoms with Crippen molar-refractivity contribution in [1.82, 2.24) is 0 Å². The van der Waals surface area contributed by atoms with Gasteiger partial charge in [-0.2, -0.15) is 0 Å². The molecule has 0 saturated heterocycles. The minimum absolute atomic E-state index is 0.170. The molecular weight excluding hydrogens is 156 g/mol. The number of unbranched alkanes of at least 4 members (excludes halogenated alkanes) is 1. The van der Waals surface area contributed by atoms with Crippen LogP contribution in [0.2, 0.25) is 0 Å². The fourth-order valence-corrected chi connectivity index (χ4v) is 1.07. The average molecular weight is 174 g/mol. The predicted octanol–water partition coefficient (Wildman–Crippen LogP) is 1.79. The predicted molar refractivity (Wildman–Crippen MR) is 47.0 cm³/mol. The highest BCUT2D eigenvalue weighted by atomic mass is 16.4. The second-order valence-corrected chi connectivity index (χ2v) is 3.08. The van der Waals surface area contributed by atoms with E-state index in [-0.39, 0.29) is 12.5 Å². The Morgan fingerprint density at radius 1 is 1.33 bits per heavy atom. The van der Waals surface area contributed by atoms with Crippen molar-refractivity contribution in [3.05, 3.63) is 0 Å². The van der Waals surface area contributed by atoms with Crippen LogP contribution in [0.5, 0.6) is 0 Å². The summed E-state index contributed by atoms with van der Waals surface area (Å²) in [7, 11) is 0. The van der Waals surface area contributed by atoms with Gasteiger partial charge < -0.3 is 10.2 Å². The van der Waals surface area contributed by atoms with Crippen molar-refractivity contribution in [2.75, 3.05) is 0 Å². The van der Waals surface area contributed by atoms with Crippen LogP contribution in [0.1, 0.15) is 45.4 Å². The van der Waals surface area contributed by atoms with Crippen LogP contribution in [-0.4, -0.2) is 22.3 Å². The Bertz CT molecular complexity index is 123. The van der Waals surface area contributed by atoms with Gasteiger partial charge in [0, 0.05) is 6.42 Å². The number of hydrogen-bond acceptors (Lipinski definition) is 2. The Balaban J connectivity index is 3.19. The zero-order valence-corrected chi connectivity index (χ0v) is 7.62. The molecule has 0 aliphatic rings. The third-order valence-corrected chi connectivity index (χ3v) is 1.82. The zero-order valence-electron chi connectivity index (χ0n) is 7.62. The van der Waals surface area contributed by atoms with Gasteiger partial charge in [0.25, 0.3) is 0 Å². The fraction of sp³-hybridized carbons (Fsp3) is 0.889. The van der Waals surface area contributed by atoms with Crippen LogP contribution in [0.15, 0.2) is 0 Å². The van der Waals surface area contributed by atoms with Gasteiger partial charge in [-0.05, 0) is 19.3 Å². The van der Waals surface area contributed by atoms with Crippen LogP contribution in [0.4, 0.5) is 0 Å². The van der Waals surface area contributed by atoms with Gasteiger partial charge in [0.2, 0.25) is 0 Å². The molecule has 0 aromatic carbocycles. The number of carboxylic acid groups (broad SMARTS) is 1. The minimum atomic E-state index is -0.780. The second-order valence-electron chi connectivity index (χ2n) is 3.08. The molecule has 0 unspecified atom stereocenters. The van der Waals surface area contributed by atoms with Gasteiger partial charge >= 0.3 is 5.97 Å². The molecule has 0 saturated carbocycles. The summed E-state index contributed by atoms with van der Waals surface area (Å²) < 4.78 is 0. The molecule has 12 heavy (non-hydrogen) atoms. The molecule has 2 N–H and O–H groups in total. The Kier molecular flexibility index (Phi) is 6.76. The first-order chi connectivity index (χ1) is 5.66. The number of carbonyl (C=O) groups is 1. The molecule has 0 aliphatic carbocycles. The summed E-state index contributed by atoms with van der Waals surface area (Å²) in [5, 5.41) is 17.6. The third-order valence-electron chi connectivity index (χ3n) is 1.82. The largest absolute Gasteiger partial charge is 0.481 e. The zero-order chi connectivity index (χ0) is 9.40. The standard InChI is InChI=1S/C9H18O3/c1-2-3-5-8(10)6-4-7-9(11)12/h8,10H,2-7H2,1H3,(H,11,12)/t8-/m0/s1. The first-order valence-corrected chi connectivity index (χ1v) is 4.56. The summed E-state index contributed by atoms with van der Waals surface area (Å²) in [6, 6.07) is 0. The van der Waals surface area contributed by atoms with E-state index in [0.717, 1.165) is 19.3 Å². The van der Waals surface area contributed by atoms with E-state index in [1.165, 1.54) is 0 Å². The summed E-state index contributed by atoms with van der Waals surface area (Å²) >= 11 is 0. The molecule has 0 fully saturated rings. The Morgan fingerprint density at radius 3 is 2.42 bits per heavy atom. The van der Waals surface area contributed by atoms with Crippen molar-refractivity contribution in [3.8, 4) is 0 Å². The van der Waals surface area contributed by atoms with Gasteiger partial charge in [0.05, 0.1) is 6.10 Å². The van der Waals surface area contributed by atoms with Crippen LogP contribution in [0.25, 0.3) is 0 Å². The molecule has 3 nitrogen and oxygen atoms in total. The molecule has 0 radical (unpaired) electrons. The molecule has 0 spiro atoms. The number of rotatable bonds is 7. The maximum absolute atomic E-state index is 10.1. The maximum Gasteiger partial charge on any atom is 0.303 e. The molecule has 72 valence electrons. The Hall–Kier alpha value is -0.570. The normalized spacial score (nSPS) is 12.8. The van der Waals surface area contributed by atoms with E-state index in [2.05, 4.69) is 6.92 Å². The quantitative estimate of drug-likeness (QED) is 0.618. The van der Waals surface area contributed by atoms with E-state index in [9.17, 15) is 9.90 Å². The molecule has 0 aromatic rings. The molecule has 3 heteroatoms. The van der Waals surface area contributed by atoms with Crippen molar-refractivity contribution in [2.45, 2.75) is 51.6 Å². The van der Waals surface area contributed by atoms with E-state index in [1.54, 1.807) is 0 Å². The number of hydrogen-bond donors (Lipinski definition) is 2. The molecule has 0 amide bonds. The SMILES string of the molecule is CCCC[C@H](O)CCCC(=O)O. The number of aliphatic carboxylic acids is 1. The van der Waals surface area contributed by atoms with E-state index in [0.29, 0.717) is 12.8 Å². The second kappa shape index (κ2) is 7.10. The highest BCUT2D eigenvalue weighted by Crippen LogP contribution is 2.07. The lowest BCUT2D eigenvalue weighted by Crippen LogP contribution is -2.07. The summed E-state index contributed by atoms with van der Waals surface area (Å²) in [5.74, 6) is -0.780. The summed E-state index contributed by atoms with van der Waals surface area (Å²) in [4.78, 5) is 10.1. The van der Waals surface area contributed by atoms with Crippen molar-refractivity contribution in [2.24, 2.45) is 0 Å². The molecular formula is C9H18O3. The number of aliphatic hydroxyl groups excluding tert-OH is 1. The highest BCUT2D eigenvalue weighted by molar-refractivity contribution is 5.66. The third kappa shape index (κ3) is 7.54. The average Bonchev–Trinajstić information content (AvgIpc) is 2.00. The summed E-state index contributed by atoms with van der Waals surface area (Å²) in [6.07, 6.45) is 3.97. The van der Waals surface area contributed by atoms with Gasteiger partial charge in [0.1, 0.15) is 0 Å². The summed E-state index contributed by atoms with van der Waals surface area (Å²) in [6.45, 7) is 2.07. The topological polar surface area (TPSA) is 57.5 Å². The number of carboxylic acids is 1. The Labute approximate surface area is 73.4 Å². The van der Waals surface area contributed by atoms with E-state index < -0.39 is 5.97 Å². The molecule has 1 atom stereocenters. The first kappa shape index (κ1) is 11.4. The molecule has 0 bridgehead atoms. The smallest absolute Gasteiger partial charge is 0.303 e. The molecule has 0 rings (SSSR count). The van der Waals surface area contributed by atoms with Crippen LogP contribution in [0.3, 0.4) is 0 Å². The fourth-order valence-electron chi connectivity index (χ4n) is 1.07.